The van der Waals surface area contributed by atoms with Crippen molar-refractivity contribution in [3.8, 4) is 23.0 Å². The van der Waals surface area contributed by atoms with Gasteiger partial charge in [0.15, 0.2) is 17.2 Å². The first kappa shape index (κ1) is 19.3. The number of rotatable bonds is 7. The summed E-state index contributed by atoms with van der Waals surface area (Å²) in [6.07, 6.45) is 1.98. The van der Waals surface area contributed by atoms with E-state index >= 15 is 0 Å². The number of esters is 1. The van der Waals surface area contributed by atoms with E-state index in [1.54, 1.807) is 58.8 Å². The topological polar surface area (TPSA) is 75.6 Å². The number of ether oxygens (including phenoxy) is 5. The Morgan fingerprint density at radius 3 is 2.32 bits per heavy atom. The monoisotopic (exact) mass is 383 g/mol. The van der Waals surface area contributed by atoms with Crippen molar-refractivity contribution in [2.75, 3.05) is 28.4 Å². The molecule has 1 aliphatic heterocycles. The first-order chi connectivity index (χ1) is 13.6. The predicted molar refractivity (Wildman–Crippen MR) is 104 cm³/mol. The third-order valence-corrected chi connectivity index (χ3v) is 4.20. The minimum absolute atomic E-state index is 0.207. The van der Waals surface area contributed by atoms with Crippen molar-refractivity contribution in [3.63, 3.8) is 0 Å². The van der Waals surface area contributed by atoms with Crippen LogP contribution in [0.4, 0.5) is 0 Å². The van der Waals surface area contributed by atoms with Crippen LogP contribution >= 0.6 is 0 Å². The molecular weight excluding hydrogens is 362 g/mol. The molecule has 146 valence electrons. The fourth-order valence-electron chi connectivity index (χ4n) is 2.78. The molecule has 0 saturated carbocycles. The highest BCUT2D eigenvalue weighted by atomic mass is 16.6. The van der Waals surface area contributed by atoms with Crippen molar-refractivity contribution in [1.29, 1.82) is 0 Å². The quantitative estimate of drug-likeness (QED) is 0.540. The van der Waals surface area contributed by atoms with Crippen LogP contribution < -0.4 is 18.9 Å². The van der Waals surface area contributed by atoms with Crippen LogP contribution in [0.3, 0.4) is 0 Å². The normalized spacial score (nSPS) is 14.5. The number of hydrogen-bond donors (Lipinski definition) is 0. The standard InChI is InChI=1S/C21H21NO6/c1-24-15-7-6-14(18(12-15)26-3)11-16-21(23)28-20(22-16)10-13-5-8-17(25-2)19(9-13)27-4/h5-9,11-12H,10H2,1-4H3/b16-11+. The lowest BCUT2D eigenvalue weighted by molar-refractivity contribution is -0.130. The molecule has 2 aromatic rings. The van der Waals surface area contributed by atoms with Crippen LogP contribution in [0.15, 0.2) is 47.1 Å². The summed E-state index contributed by atoms with van der Waals surface area (Å²) in [5.74, 6) is 2.27. The van der Waals surface area contributed by atoms with Crippen molar-refractivity contribution in [1.82, 2.24) is 0 Å². The number of nitrogens with zero attached hydrogens (tertiary/aromatic N) is 1. The zero-order chi connectivity index (χ0) is 20.1. The average Bonchev–Trinajstić information content (AvgIpc) is 3.06. The molecule has 0 unspecified atom stereocenters. The first-order valence-corrected chi connectivity index (χ1v) is 8.52. The second-order valence-corrected chi connectivity index (χ2v) is 5.90. The van der Waals surface area contributed by atoms with Gasteiger partial charge in [0, 0.05) is 18.1 Å². The molecule has 0 aliphatic carbocycles. The number of methoxy groups -OCH3 is 4. The van der Waals surface area contributed by atoms with E-state index in [1.807, 2.05) is 12.1 Å². The van der Waals surface area contributed by atoms with Gasteiger partial charge in [0.1, 0.15) is 11.5 Å². The van der Waals surface area contributed by atoms with Gasteiger partial charge in [-0.2, -0.15) is 0 Å². The van der Waals surface area contributed by atoms with Gasteiger partial charge in [0.05, 0.1) is 28.4 Å². The van der Waals surface area contributed by atoms with Crippen molar-refractivity contribution in [2.45, 2.75) is 6.42 Å². The number of aliphatic imine (C=N–C) groups is 1. The average molecular weight is 383 g/mol. The Labute approximate surface area is 163 Å². The van der Waals surface area contributed by atoms with Gasteiger partial charge in [0.25, 0.3) is 0 Å². The molecule has 1 heterocycles. The van der Waals surface area contributed by atoms with Crippen LogP contribution in [0.1, 0.15) is 11.1 Å². The van der Waals surface area contributed by atoms with E-state index in [4.69, 9.17) is 23.7 Å². The molecule has 0 saturated heterocycles. The molecule has 2 aromatic carbocycles. The number of carbonyl (C=O) groups excluding carboxylic acids is 1. The Morgan fingerprint density at radius 2 is 1.64 bits per heavy atom. The molecule has 0 atom stereocenters. The molecule has 0 spiro atoms. The molecule has 0 bridgehead atoms. The van der Waals surface area contributed by atoms with Crippen LogP contribution in [0.2, 0.25) is 0 Å². The Hall–Kier alpha value is -3.48. The van der Waals surface area contributed by atoms with Gasteiger partial charge in [-0.1, -0.05) is 6.07 Å². The Balaban J connectivity index is 1.84. The highest BCUT2D eigenvalue weighted by Gasteiger charge is 2.24. The van der Waals surface area contributed by atoms with Crippen LogP contribution in [-0.2, 0) is 16.0 Å². The van der Waals surface area contributed by atoms with E-state index in [0.29, 0.717) is 40.9 Å². The molecule has 0 amide bonds. The van der Waals surface area contributed by atoms with E-state index < -0.39 is 5.97 Å². The molecule has 7 nitrogen and oxygen atoms in total. The van der Waals surface area contributed by atoms with E-state index in [9.17, 15) is 4.79 Å². The van der Waals surface area contributed by atoms with Crippen LogP contribution in [0, 0.1) is 0 Å². The van der Waals surface area contributed by atoms with Crippen molar-refractivity contribution in [3.05, 3.63) is 53.2 Å². The fraction of sp³-hybridized carbons (Fsp3) is 0.238. The van der Waals surface area contributed by atoms with Gasteiger partial charge in [-0.3, -0.25) is 0 Å². The molecule has 0 fully saturated rings. The molecule has 0 N–H and O–H groups in total. The summed E-state index contributed by atoms with van der Waals surface area (Å²) in [5.41, 5.74) is 1.79. The van der Waals surface area contributed by atoms with Crippen molar-refractivity contribution >= 4 is 17.9 Å². The summed E-state index contributed by atoms with van der Waals surface area (Å²) in [5, 5.41) is 0. The lowest BCUT2D eigenvalue weighted by atomic mass is 10.1. The lowest BCUT2D eigenvalue weighted by Gasteiger charge is -2.09. The Morgan fingerprint density at radius 1 is 0.893 bits per heavy atom. The summed E-state index contributed by atoms with van der Waals surface area (Å²) in [6, 6.07) is 10.8. The summed E-state index contributed by atoms with van der Waals surface area (Å²) >= 11 is 0. The number of carbonyl (C=O) groups is 1. The molecule has 28 heavy (non-hydrogen) atoms. The predicted octanol–water partition coefficient (Wildman–Crippen LogP) is 3.26. The SMILES string of the molecule is COc1ccc(/C=C2/N=C(Cc3ccc(OC)c(OC)c3)OC2=O)c(OC)c1. The molecular formula is C21H21NO6. The van der Waals surface area contributed by atoms with Crippen molar-refractivity contribution in [2.24, 2.45) is 4.99 Å². The highest BCUT2D eigenvalue weighted by Crippen LogP contribution is 2.30. The summed E-state index contributed by atoms with van der Waals surface area (Å²) in [4.78, 5) is 16.5. The van der Waals surface area contributed by atoms with E-state index in [-0.39, 0.29) is 5.70 Å². The van der Waals surface area contributed by atoms with Crippen LogP contribution in [0.5, 0.6) is 23.0 Å². The fourth-order valence-corrected chi connectivity index (χ4v) is 2.78. The maximum absolute atomic E-state index is 12.2. The Bertz CT molecular complexity index is 948. The number of benzene rings is 2. The van der Waals surface area contributed by atoms with Crippen LogP contribution in [-0.4, -0.2) is 40.3 Å². The van der Waals surface area contributed by atoms with E-state index in [1.165, 1.54) is 0 Å². The largest absolute Gasteiger partial charge is 0.497 e. The van der Waals surface area contributed by atoms with Crippen LogP contribution in [0.25, 0.3) is 6.08 Å². The first-order valence-electron chi connectivity index (χ1n) is 8.52. The van der Waals surface area contributed by atoms with Gasteiger partial charge >= 0.3 is 5.97 Å². The Kier molecular flexibility index (Phi) is 5.84. The van der Waals surface area contributed by atoms with Gasteiger partial charge in [-0.15, -0.1) is 0 Å². The minimum atomic E-state index is -0.506. The number of cyclic esters (lactones) is 1. The highest BCUT2D eigenvalue weighted by molar-refractivity contribution is 6.07. The zero-order valence-electron chi connectivity index (χ0n) is 16.1. The molecule has 0 radical (unpaired) electrons. The summed E-state index contributed by atoms with van der Waals surface area (Å²) in [7, 11) is 6.27. The summed E-state index contributed by atoms with van der Waals surface area (Å²) in [6.45, 7) is 0. The molecule has 3 rings (SSSR count). The second kappa shape index (κ2) is 8.47. The molecule has 1 aliphatic rings. The minimum Gasteiger partial charge on any atom is -0.497 e. The lowest BCUT2D eigenvalue weighted by Crippen LogP contribution is -2.07. The second-order valence-electron chi connectivity index (χ2n) is 5.90. The van der Waals surface area contributed by atoms with Gasteiger partial charge in [-0.25, -0.2) is 9.79 Å². The van der Waals surface area contributed by atoms with Gasteiger partial charge in [0.2, 0.25) is 5.90 Å². The van der Waals surface area contributed by atoms with E-state index in [2.05, 4.69) is 4.99 Å². The third-order valence-electron chi connectivity index (χ3n) is 4.20. The number of hydrogen-bond acceptors (Lipinski definition) is 7. The summed E-state index contributed by atoms with van der Waals surface area (Å²) < 4.78 is 26.4. The van der Waals surface area contributed by atoms with Gasteiger partial charge in [-0.05, 0) is 35.9 Å². The maximum atomic E-state index is 12.2. The van der Waals surface area contributed by atoms with Gasteiger partial charge < -0.3 is 23.7 Å². The third kappa shape index (κ3) is 4.09. The zero-order valence-corrected chi connectivity index (χ0v) is 16.1. The maximum Gasteiger partial charge on any atom is 0.363 e. The smallest absolute Gasteiger partial charge is 0.363 e. The van der Waals surface area contributed by atoms with Crippen molar-refractivity contribution < 1.29 is 28.5 Å². The van der Waals surface area contributed by atoms with E-state index in [0.717, 1.165) is 5.56 Å². The molecule has 7 heteroatoms. The molecule has 0 aromatic heterocycles.